The molecule has 7 nitrogen and oxygen atoms in total. The highest BCUT2D eigenvalue weighted by molar-refractivity contribution is 6.31. The smallest absolute Gasteiger partial charge is 0.311 e. The van der Waals surface area contributed by atoms with Crippen LogP contribution in [0.1, 0.15) is 6.42 Å². The van der Waals surface area contributed by atoms with Crippen LogP contribution in [0.2, 0.25) is 5.02 Å². The molecule has 0 spiro atoms. The van der Waals surface area contributed by atoms with E-state index in [1.807, 2.05) is 0 Å². The molecule has 1 atom stereocenters. The van der Waals surface area contributed by atoms with Crippen LogP contribution in [0.5, 0.6) is 0 Å². The number of carbonyl (C=O) groups excluding carboxylic acids is 2. The van der Waals surface area contributed by atoms with Gasteiger partial charge in [0, 0.05) is 13.0 Å². The minimum atomic E-state index is -0.955. The van der Waals surface area contributed by atoms with Gasteiger partial charge in [0.15, 0.2) is 0 Å². The van der Waals surface area contributed by atoms with Gasteiger partial charge in [-0.05, 0) is 6.07 Å². The molecule has 0 N–H and O–H groups in total. The molecule has 0 bridgehead atoms. The van der Waals surface area contributed by atoms with E-state index < -0.39 is 34.2 Å². The van der Waals surface area contributed by atoms with Crippen LogP contribution in [0.4, 0.5) is 15.8 Å². The zero-order valence-corrected chi connectivity index (χ0v) is 11.6. The van der Waals surface area contributed by atoms with Gasteiger partial charge in [-0.25, -0.2) is 4.39 Å². The molecule has 21 heavy (non-hydrogen) atoms. The maximum absolute atomic E-state index is 13.3. The van der Waals surface area contributed by atoms with E-state index in [2.05, 4.69) is 4.74 Å². The maximum Gasteiger partial charge on any atom is 0.311 e. The number of hydrogen-bond acceptors (Lipinski definition) is 5. The van der Waals surface area contributed by atoms with E-state index in [-0.39, 0.29) is 23.7 Å². The van der Waals surface area contributed by atoms with Crippen LogP contribution in [0.3, 0.4) is 0 Å². The predicted octanol–water partition coefficient (Wildman–Crippen LogP) is 1.91. The molecular formula is C12H10ClFN2O5. The van der Waals surface area contributed by atoms with Crippen molar-refractivity contribution in [1.29, 1.82) is 0 Å². The van der Waals surface area contributed by atoms with Gasteiger partial charge in [0.25, 0.3) is 5.69 Å². The molecule has 1 heterocycles. The fourth-order valence-corrected chi connectivity index (χ4v) is 2.31. The Hall–Kier alpha value is -2.22. The SMILES string of the molecule is COC(=O)C1CC(=O)N(c2cc(Cl)c(F)cc2[N+](=O)[O-])C1. The molecule has 0 saturated carbocycles. The number of hydrogen-bond donors (Lipinski definition) is 0. The lowest BCUT2D eigenvalue weighted by molar-refractivity contribution is -0.384. The summed E-state index contributed by atoms with van der Waals surface area (Å²) in [4.78, 5) is 34.6. The lowest BCUT2D eigenvalue weighted by Gasteiger charge is -2.16. The fourth-order valence-electron chi connectivity index (χ4n) is 2.15. The molecule has 0 aliphatic carbocycles. The summed E-state index contributed by atoms with van der Waals surface area (Å²) in [5.41, 5.74) is -0.724. The van der Waals surface area contributed by atoms with Crippen LogP contribution >= 0.6 is 11.6 Å². The zero-order chi connectivity index (χ0) is 15.7. The monoisotopic (exact) mass is 316 g/mol. The van der Waals surface area contributed by atoms with Gasteiger partial charge in [0.2, 0.25) is 5.91 Å². The third-order valence-corrected chi connectivity index (χ3v) is 3.45. The summed E-state index contributed by atoms with van der Waals surface area (Å²) in [6.07, 6.45) is -0.126. The van der Waals surface area contributed by atoms with Gasteiger partial charge in [0.1, 0.15) is 11.5 Å². The second-order valence-corrected chi connectivity index (χ2v) is 4.85. The number of halogens is 2. The van der Waals surface area contributed by atoms with Crippen molar-refractivity contribution >= 4 is 34.9 Å². The van der Waals surface area contributed by atoms with Crippen LogP contribution in [0, 0.1) is 21.8 Å². The molecule has 1 unspecified atom stereocenters. The summed E-state index contributed by atoms with van der Waals surface area (Å²) >= 11 is 5.62. The van der Waals surface area contributed by atoms with Gasteiger partial charge in [-0.2, -0.15) is 0 Å². The first-order chi connectivity index (χ1) is 9.85. The number of nitro groups is 1. The molecule has 112 valence electrons. The minimum absolute atomic E-state index is 0.0751. The number of nitrogens with zero attached hydrogens (tertiary/aromatic N) is 2. The first kappa shape index (κ1) is 15.2. The Morgan fingerprint density at radius 1 is 1.57 bits per heavy atom. The van der Waals surface area contributed by atoms with Gasteiger partial charge in [0.05, 0.1) is 29.0 Å². The number of rotatable bonds is 3. The van der Waals surface area contributed by atoms with E-state index in [9.17, 15) is 24.1 Å². The average molecular weight is 317 g/mol. The number of amides is 1. The highest BCUT2D eigenvalue weighted by Crippen LogP contribution is 2.36. The van der Waals surface area contributed by atoms with E-state index in [0.717, 1.165) is 11.0 Å². The molecule has 1 saturated heterocycles. The maximum atomic E-state index is 13.3. The largest absolute Gasteiger partial charge is 0.469 e. The highest BCUT2D eigenvalue weighted by Gasteiger charge is 2.38. The van der Waals surface area contributed by atoms with Crippen LogP contribution in [0.15, 0.2) is 12.1 Å². The Kier molecular flexibility index (Phi) is 4.08. The van der Waals surface area contributed by atoms with E-state index in [0.29, 0.717) is 6.07 Å². The molecule has 0 radical (unpaired) electrons. The number of carbonyl (C=O) groups is 2. The van der Waals surface area contributed by atoms with Crippen molar-refractivity contribution in [2.24, 2.45) is 5.92 Å². The van der Waals surface area contributed by atoms with Crippen molar-refractivity contribution < 1.29 is 23.6 Å². The van der Waals surface area contributed by atoms with Gasteiger partial charge in [-0.3, -0.25) is 19.7 Å². The van der Waals surface area contributed by atoms with Crippen molar-refractivity contribution in [2.75, 3.05) is 18.6 Å². The molecule has 1 aromatic carbocycles. The number of nitro benzene ring substituents is 1. The number of benzene rings is 1. The molecule has 2 rings (SSSR count). The first-order valence-corrected chi connectivity index (χ1v) is 6.24. The molecule has 1 fully saturated rings. The Morgan fingerprint density at radius 2 is 2.24 bits per heavy atom. The average Bonchev–Trinajstić information content (AvgIpc) is 2.82. The summed E-state index contributed by atoms with van der Waals surface area (Å²) in [6.45, 7) is -0.0751. The van der Waals surface area contributed by atoms with E-state index in [4.69, 9.17) is 11.6 Å². The predicted molar refractivity (Wildman–Crippen MR) is 70.5 cm³/mol. The van der Waals surface area contributed by atoms with Crippen molar-refractivity contribution in [3.63, 3.8) is 0 Å². The Labute approximate surface area is 123 Å². The van der Waals surface area contributed by atoms with E-state index in [1.54, 1.807) is 0 Å². The summed E-state index contributed by atoms with van der Waals surface area (Å²) in [5, 5.41) is 10.6. The van der Waals surface area contributed by atoms with Gasteiger partial charge in [-0.15, -0.1) is 0 Å². The first-order valence-electron chi connectivity index (χ1n) is 5.86. The molecule has 1 aromatic rings. The molecular weight excluding hydrogens is 307 g/mol. The van der Waals surface area contributed by atoms with Gasteiger partial charge >= 0.3 is 5.97 Å². The molecule has 9 heteroatoms. The summed E-state index contributed by atoms with van der Waals surface area (Å²) < 4.78 is 17.9. The molecule has 1 aliphatic heterocycles. The molecule has 1 aliphatic rings. The quantitative estimate of drug-likeness (QED) is 0.483. The van der Waals surface area contributed by atoms with Crippen molar-refractivity contribution in [2.45, 2.75) is 6.42 Å². The van der Waals surface area contributed by atoms with Crippen LogP contribution < -0.4 is 4.90 Å². The van der Waals surface area contributed by atoms with Crippen molar-refractivity contribution in [1.82, 2.24) is 0 Å². The van der Waals surface area contributed by atoms with Crippen LogP contribution in [-0.2, 0) is 14.3 Å². The third-order valence-electron chi connectivity index (χ3n) is 3.16. The summed E-state index contributed by atoms with van der Waals surface area (Å²) in [7, 11) is 1.19. The van der Waals surface area contributed by atoms with Gasteiger partial charge < -0.3 is 9.64 Å². The van der Waals surface area contributed by atoms with Crippen LogP contribution in [0.25, 0.3) is 0 Å². The van der Waals surface area contributed by atoms with Crippen molar-refractivity contribution in [3.05, 3.63) is 33.1 Å². The van der Waals surface area contributed by atoms with E-state index in [1.165, 1.54) is 7.11 Å². The second kappa shape index (κ2) is 5.65. The van der Waals surface area contributed by atoms with Crippen molar-refractivity contribution in [3.8, 4) is 0 Å². The fraction of sp³-hybridized carbons (Fsp3) is 0.333. The topological polar surface area (TPSA) is 89.8 Å². The number of ether oxygens (including phenoxy) is 1. The summed E-state index contributed by atoms with van der Waals surface area (Å²) in [5.74, 6) is -2.74. The lowest BCUT2D eigenvalue weighted by Crippen LogP contribution is -2.27. The zero-order valence-electron chi connectivity index (χ0n) is 10.8. The standard InChI is InChI=1S/C12H10ClFN2O5/c1-21-12(18)6-2-11(17)15(5-6)9-3-7(13)8(14)4-10(9)16(19)20/h3-4,6H,2,5H2,1H3. The lowest BCUT2D eigenvalue weighted by atomic mass is 10.1. The number of methoxy groups -OCH3 is 1. The van der Waals surface area contributed by atoms with E-state index >= 15 is 0 Å². The normalized spacial score (nSPS) is 18.0. The molecule has 1 amide bonds. The van der Waals surface area contributed by atoms with Crippen LogP contribution in [-0.4, -0.2) is 30.5 Å². The second-order valence-electron chi connectivity index (χ2n) is 4.44. The Bertz CT molecular complexity index is 636. The molecule has 0 aromatic heterocycles. The summed E-state index contributed by atoms with van der Waals surface area (Å²) in [6, 6.07) is 1.66. The third kappa shape index (κ3) is 2.80. The minimum Gasteiger partial charge on any atom is -0.469 e. The van der Waals surface area contributed by atoms with Gasteiger partial charge in [-0.1, -0.05) is 11.6 Å². The Balaban J connectivity index is 2.42. The number of esters is 1. The highest BCUT2D eigenvalue weighted by atomic mass is 35.5. The Morgan fingerprint density at radius 3 is 2.81 bits per heavy atom. The number of anilines is 1.